The fraction of sp³-hybridized carbons (Fsp3) is 0.154. The number of thioether (sulfide) groups is 1. The molecule has 96 valence electrons. The highest BCUT2D eigenvalue weighted by Crippen LogP contribution is 2.18. The average molecular weight is 272 g/mol. The lowest BCUT2D eigenvalue weighted by atomic mass is 10.4. The predicted octanol–water partition coefficient (Wildman–Crippen LogP) is 2.02. The molecule has 3 heterocycles. The minimum absolute atomic E-state index is 0.136. The smallest absolute Gasteiger partial charge is 0.251 e. The molecule has 6 heteroatoms. The van der Waals surface area contributed by atoms with Crippen molar-refractivity contribution in [3.63, 3.8) is 0 Å². The number of hydrogen-bond acceptors (Lipinski definition) is 4. The first-order valence-corrected chi connectivity index (χ1v) is 6.83. The van der Waals surface area contributed by atoms with E-state index >= 15 is 0 Å². The van der Waals surface area contributed by atoms with Gasteiger partial charge in [-0.15, -0.1) is 0 Å². The van der Waals surface area contributed by atoms with E-state index in [0.29, 0.717) is 10.9 Å². The van der Waals surface area contributed by atoms with E-state index in [1.165, 1.54) is 24.0 Å². The van der Waals surface area contributed by atoms with Crippen LogP contribution in [0.2, 0.25) is 0 Å². The molecule has 0 aliphatic rings. The van der Waals surface area contributed by atoms with Gasteiger partial charge in [-0.25, -0.2) is 9.97 Å². The molecule has 0 aliphatic carbocycles. The molecule has 0 unspecified atom stereocenters. The van der Waals surface area contributed by atoms with Crippen molar-refractivity contribution < 1.29 is 0 Å². The van der Waals surface area contributed by atoms with E-state index in [0.717, 1.165) is 17.0 Å². The number of nitrogens with zero attached hydrogens (tertiary/aromatic N) is 3. The Kier molecular flexibility index (Phi) is 3.08. The molecule has 0 aromatic carbocycles. The molecule has 0 bridgehead atoms. The molecule has 19 heavy (non-hydrogen) atoms. The van der Waals surface area contributed by atoms with Gasteiger partial charge in [0.25, 0.3) is 5.56 Å². The molecule has 0 saturated heterocycles. The molecule has 0 atom stereocenters. The summed E-state index contributed by atoms with van der Waals surface area (Å²) in [6.45, 7) is 2.04. The van der Waals surface area contributed by atoms with Crippen LogP contribution in [0.15, 0.2) is 46.6 Å². The van der Waals surface area contributed by atoms with Crippen LogP contribution in [0.1, 0.15) is 11.4 Å². The first-order chi connectivity index (χ1) is 9.22. The van der Waals surface area contributed by atoms with E-state index in [4.69, 9.17) is 0 Å². The van der Waals surface area contributed by atoms with Gasteiger partial charge < -0.3 is 9.38 Å². The molecule has 3 rings (SSSR count). The minimum atomic E-state index is -0.136. The van der Waals surface area contributed by atoms with Crippen molar-refractivity contribution in [2.75, 3.05) is 0 Å². The average Bonchev–Trinajstić information content (AvgIpc) is 2.81. The van der Waals surface area contributed by atoms with E-state index < -0.39 is 0 Å². The highest BCUT2D eigenvalue weighted by atomic mass is 32.2. The second-order valence-corrected chi connectivity index (χ2v) is 5.12. The van der Waals surface area contributed by atoms with Crippen LogP contribution in [-0.2, 0) is 5.75 Å². The van der Waals surface area contributed by atoms with Crippen molar-refractivity contribution in [1.82, 2.24) is 19.4 Å². The molecule has 0 radical (unpaired) electrons. The SMILES string of the molecule is Cc1cccc2nc(CSc3nccc(=O)[nH]3)cn12. The number of fused-ring (bicyclic) bond motifs is 1. The third-order valence-corrected chi connectivity index (χ3v) is 3.67. The van der Waals surface area contributed by atoms with Crippen LogP contribution in [0.25, 0.3) is 5.65 Å². The van der Waals surface area contributed by atoms with Gasteiger partial charge >= 0.3 is 0 Å². The Morgan fingerprint density at radius 3 is 3.05 bits per heavy atom. The number of aromatic amines is 1. The van der Waals surface area contributed by atoms with Gasteiger partial charge in [-0.1, -0.05) is 17.8 Å². The maximum absolute atomic E-state index is 11.2. The zero-order valence-corrected chi connectivity index (χ0v) is 11.1. The van der Waals surface area contributed by atoms with Crippen LogP contribution in [0.3, 0.4) is 0 Å². The van der Waals surface area contributed by atoms with E-state index in [1.54, 1.807) is 0 Å². The molecule has 5 nitrogen and oxygen atoms in total. The number of aromatic nitrogens is 4. The van der Waals surface area contributed by atoms with E-state index in [-0.39, 0.29) is 5.56 Å². The van der Waals surface area contributed by atoms with Crippen LogP contribution in [0.5, 0.6) is 0 Å². The van der Waals surface area contributed by atoms with Crippen LogP contribution in [-0.4, -0.2) is 19.4 Å². The summed E-state index contributed by atoms with van der Waals surface area (Å²) in [4.78, 5) is 22.5. The number of aryl methyl sites for hydroxylation is 1. The fourth-order valence-corrected chi connectivity index (χ4v) is 2.57. The molecular weight excluding hydrogens is 260 g/mol. The van der Waals surface area contributed by atoms with E-state index in [2.05, 4.69) is 19.4 Å². The van der Waals surface area contributed by atoms with Crippen molar-refractivity contribution in [2.24, 2.45) is 0 Å². The molecule has 3 aromatic rings. The monoisotopic (exact) mass is 272 g/mol. The molecule has 1 N–H and O–H groups in total. The molecule has 0 amide bonds. The van der Waals surface area contributed by atoms with Gasteiger partial charge in [-0.2, -0.15) is 0 Å². The second-order valence-electron chi connectivity index (χ2n) is 4.16. The summed E-state index contributed by atoms with van der Waals surface area (Å²) in [6, 6.07) is 7.41. The Morgan fingerprint density at radius 2 is 2.26 bits per heavy atom. The Hall–Kier alpha value is -2.08. The van der Waals surface area contributed by atoms with Crippen LogP contribution >= 0.6 is 11.8 Å². The predicted molar refractivity (Wildman–Crippen MR) is 74.3 cm³/mol. The number of pyridine rings is 1. The molecule has 0 aliphatic heterocycles. The molecule has 0 saturated carbocycles. The summed E-state index contributed by atoms with van der Waals surface area (Å²) in [7, 11) is 0. The fourth-order valence-electron chi connectivity index (χ4n) is 1.84. The highest BCUT2D eigenvalue weighted by molar-refractivity contribution is 7.98. The van der Waals surface area contributed by atoms with Gasteiger partial charge in [-0.3, -0.25) is 4.79 Å². The number of rotatable bonds is 3. The summed E-state index contributed by atoms with van der Waals surface area (Å²) in [5, 5.41) is 0.612. The van der Waals surface area contributed by atoms with Crippen LogP contribution < -0.4 is 5.56 Å². The first kappa shape index (κ1) is 12.0. The van der Waals surface area contributed by atoms with E-state index in [9.17, 15) is 4.79 Å². The summed E-state index contributed by atoms with van der Waals surface area (Å²) >= 11 is 1.47. The van der Waals surface area contributed by atoms with Gasteiger partial charge in [0.15, 0.2) is 5.16 Å². The zero-order chi connectivity index (χ0) is 13.2. The van der Waals surface area contributed by atoms with Crippen molar-refractivity contribution in [3.8, 4) is 0 Å². The first-order valence-electron chi connectivity index (χ1n) is 5.84. The molecule has 0 fully saturated rings. The maximum Gasteiger partial charge on any atom is 0.251 e. The van der Waals surface area contributed by atoms with Gasteiger partial charge in [0.05, 0.1) is 5.69 Å². The molecule has 0 spiro atoms. The van der Waals surface area contributed by atoms with Gasteiger partial charge in [-0.05, 0) is 19.1 Å². The zero-order valence-electron chi connectivity index (χ0n) is 10.3. The Labute approximate surface area is 113 Å². The largest absolute Gasteiger partial charge is 0.304 e. The van der Waals surface area contributed by atoms with Crippen molar-refractivity contribution in [2.45, 2.75) is 17.8 Å². The van der Waals surface area contributed by atoms with Crippen molar-refractivity contribution in [3.05, 3.63) is 58.4 Å². The number of imidazole rings is 1. The quantitative estimate of drug-likeness (QED) is 0.585. The summed E-state index contributed by atoms with van der Waals surface area (Å²) in [5.74, 6) is 0.675. The lowest BCUT2D eigenvalue weighted by Crippen LogP contribution is -2.05. The van der Waals surface area contributed by atoms with Gasteiger partial charge in [0, 0.05) is 29.9 Å². The Morgan fingerprint density at radius 1 is 1.37 bits per heavy atom. The summed E-state index contributed by atoms with van der Waals surface area (Å²) in [5.41, 5.74) is 2.91. The molecule has 3 aromatic heterocycles. The Bertz CT molecular complexity index is 777. The second kappa shape index (κ2) is 4.89. The third kappa shape index (κ3) is 2.53. The van der Waals surface area contributed by atoms with Crippen LogP contribution in [0.4, 0.5) is 0 Å². The number of H-pyrrole nitrogens is 1. The topological polar surface area (TPSA) is 63.0 Å². The van der Waals surface area contributed by atoms with Crippen LogP contribution in [0, 0.1) is 6.92 Å². The van der Waals surface area contributed by atoms with Crippen molar-refractivity contribution >= 4 is 17.4 Å². The normalized spacial score (nSPS) is 11.0. The Balaban J connectivity index is 1.82. The highest BCUT2D eigenvalue weighted by Gasteiger charge is 2.04. The summed E-state index contributed by atoms with van der Waals surface area (Å²) < 4.78 is 2.05. The summed E-state index contributed by atoms with van der Waals surface area (Å²) in [6.07, 6.45) is 3.52. The lowest BCUT2D eigenvalue weighted by molar-refractivity contribution is 0.935. The maximum atomic E-state index is 11.2. The standard InChI is InChI=1S/C13H12N4OS/c1-9-3-2-4-11-15-10(7-17(9)11)8-19-13-14-6-5-12(18)16-13/h2-7H,8H2,1H3,(H,14,16,18). The van der Waals surface area contributed by atoms with Gasteiger partial charge in [0.2, 0.25) is 0 Å². The molecular formula is C13H12N4OS. The lowest BCUT2D eigenvalue weighted by Gasteiger charge is -1.97. The number of hydrogen-bond donors (Lipinski definition) is 1. The number of nitrogens with one attached hydrogen (secondary N) is 1. The minimum Gasteiger partial charge on any atom is -0.304 e. The third-order valence-electron chi connectivity index (χ3n) is 2.75. The van der Waals surface area contributed by atoms with Gasteiger partial charge in [0.1, 0.15) is 5.65 Å². The van der Waals surface area contributed by atoms with E-state index in [1.807, 2.05) is 31.3 Å². The van der Waals surface area contributed by atoms with Crippen molar-refractivity contribution in [1.29, 1.82) is 0 Å².